The van der Waals surface area contributed by atoms with Gasteiger partial charge in [0.25, 0.3) is 5.91 Å². The highest BCUT2D eigenvalue weighted by atomic mass is 16.7. The molecule has 1 fully saturated rings. The van der Waals surface area contributed by atoms with E-state index in [1.807, 2.05) is 0 Å². The van der Waals surface area contributed by atoms with Gasteiger partial charge in [0.15, 0.2) is 0 Å². The first-order valence-electron chi connectivity index (χ1n) is 4.18. The molecule has 14 heavy (non-hydrogen) atoms. The average Bonchev–Trinajstić information content (AvgIpc) is 2.33. The Morgan fingerprint density at radius 3 is 2.50 bits per heavy atom. The minimum atomic E-state index is -1.24. The summed E-state index contributed by atoms with van der Waals surface area (Å²) in [6, 6.07) is 0. The van der Waals surface area contributed by atoms with Crippen LogP contribution in [0.25, 0.3) is 0 Å². The van der Waals surface area contributed by atoms with Crippen molar-refractivity contribution in [1.29, 1.82) is 0 Å². The van der Waals surface area contributed by atoms with Gasteiger partial charge in [-0.2, -0.15) is 5.06 Å². The zero-order chi connectivity index (χ0) is 10.9. The van der Waals surface area contributed by atoms with Crippen molar-refractivity contribution in [2.24, 2.45) is 11.1 Å². The van der Waals surface area contributed by atoms with Gasteiger partial charge >= 0.3 is 5.97 Å². The number of carbonyl (C=O) groups excluding carboxylic acids is 3. The van der Waals surface area contributed by atoms with Crippen LogP contribution in [0.3, 0.4) is 0 Å². The smallest absolute Gasteiger partial charge is 0.329 e. The van der Waals surface area contributed by atoms with Gasteiger partial charge in [-0.1, -0.05) is 0 Å². The normalized spacial score (nSPS) is 26.4. The summed E-state index contributed by atoms with van der Waals surface area (Å²) >= 11 is 0. The van der Waals surface area contributed by atoms with E-state index in [0.29, 0.717) is 0 Å². The maximum Gasteiger partial charge on any atom is 0.329 e. The van der Waals surface area contributed by atoms with E-state index >= 15 is 0 Å². The molecule has 0 spiro atoms. The van der Waals surface area contributed by atoms with Crippen molar-refractivity contribution in [1.82, 2.24) is 5.06 Å². The quantitative estimate of drug-likeness (QED) is 0.590. The first-order chi connectivity index (χ1) is 6.38. The topological polar surface area (TPSA) is 89.7 Å². The highest BCUT2D eigenvalue weighted by Crippen LogP contribution is 2.31. The number of carbonyl (C=O) groups is 3. The van der Waals surface area contributed by atoms with Gasteiger partial charge in [-0.05, 0) is 13.3 Å². The Balaban J connectivity index is 2.78. The monoisotopic (exact) mass is 200 g/mol. The van der Waals surface area contributed by atoms with Crippen molar-refractivity contribution in [3.05, 3.63) is 0 Å². The summed E-state index contributed by atoms with van der Waals surface area (Å²) in [6.45, 7) is 2.84. The fraction of sp³-hybridized carbons (Fsp3) is 0.625. The highest BCUT2D eigenvalue weighted by Gasteiger charge is 2.49. The first-order valence-corrected chi connectivity index (χ1v) is 4.18. The number of hydroxylamine groups is 2. The van der Waals surface area contributed by atoms with Crippen LogP contribution in [0.4, 0.5) is 0 Å². The van der Waals surface area contributed by atoms with E-state index in [4.69, 9.17) is 5.73 Å². The maximum atomic E-state index is 11.6. The average molecular weight is 200 g/mol. The van der Waals surface area contributed by atoms with Crippen LogP contribution in [0.15, 0.2) is 0 Å². The Morgan fingerprint density at radius 2 is 2.14 bits per heavy atom. The van der Waals surface area contributed by atoms with Gasteiger partial charge in [0, 0.05) is 6.92 Å². The molecule has 1 atom stereocenters. The van der Waals surface area contributed by atoms with Crippen LogP contribution in [-0.4, -0.2) is 29.4 Å². The molecule has 2 N–H and O–H groups in total. The van der Waals surface area contributed by atoms with Crippen LogP contribution in [0.2, 0.25) is 0 Å². The van der Waals surface area contributed by atoms with Gasteiger partial charge in [0.2, 0.25) is 5.91 Å². The van der Waals surface area contributed by atoms with Crippen LogP contribution < -0.4 is 5.73 Å². The third-order valence-corrected chi connectivity index (χ3v) is 2.30. The number of amides is 2. The summed E-state index contributed by atoms with van der Waals surface area (Å²) in [6.07, 6.45) is 0.272. The van der Waals surface area contributed by atoms with Crippen molar-refractivity contribution in [3.63, 3.8) is 0 Å². The third-order valence-electron chi connectivity index (χ3n) is 2.30. The van der Waals surface area contributed by atoms with Gasteiger partial charge in [0.1, 0.15) is 5.41 Å². The van der Waals surface area contributed by atoms with E-state index in [-0.39, 0.29) is 13.0 Å². The lowest BCUT2D eigenvalue weighted by atomic mass is 9.88. The lowest BCUT2D eigenvalue weighted by Crippen LogP contribution is -2.42. The summed E-state index contributed by atoms with van der Waals surface area (Å²) in [4.78, 5) is 37.8. The molecule has 1 saturated heterocycles. The first kappa shape index (κ1) is 10.5. The Hall–Kier alpha value is -1.59. The van der Waals surface area contributed by atoms with E-state index in [0.717, 1.165) is 5.06 Å². The number of hydrogen-bond donors (Lipinski definition) is 1. The molecule has 0 aromatic carbocycles. The Bertz CT molecular complexity index is 302. The third kappa shape index (κ3) is 1.55. The lowest BCUT2D eigenvalue weighted by molar-refractivity contribution is -0.193. The number of rotatable bonds is 2. The SMILES string of the molecule is CC(=O)ON1CCC(C)(C(N)=O)C1=O. The molecule has 0 saturated carbocycles. The summed E-state index contributed by atoms with van der Waals surface area (Å²) < 4.78 is 0. The summed E-state index contributed by atoms with van der Waals surface area (Å²) in [5.41, 5.74) is 3.85. The van der Waals surface area contributed by atoms with E-state index in [1.54, 1.807) is 0 Å². The van der Waals surface area contributed by atoms with Crippen molar-refractivity contribution in [2.75, 3.05) is 6.54 Å². The minimum Gasteiger partial charge on any atom is -0.369 e. The van der Waals surface area contributed by atoms with E-state index in [2.05, 4.69) is 4.84 Å². The molecular formula is C8H12N2O4. The summed E-state index contributed by atoms with van der Waals surface area (Å²) in [5.74, 6) is -1.84. The second kappa shape index (κ2) is 3.28. The van der Waals surface area contributed by atoms with Crippen molar-refractivity contribution < 1.29 is 19.2 Å². The van der Waals surface area contributed by atoms with Gasteiger partial charge in [-0.25, -0.2) is 0 Å². The Kier molecular flexibility index (Phi) is 2.46. The number of nitrogens with two attached hydrogens (primary N) is 1. The predicted molar refractivity (Wildman–Crippen MR) is 45.4 cm³/mol. The van der Waals surface area contributed by atoms with Gasteiger partial charge in [-0.3, -0.25) is 14.4 Å². The Labute approximate surface area is 80.9 Å². The lowest BCUT2D eigenvalue weighted by Gasteiger charge is -2.18. The standard InChI is InChI=1S/C8H12N2O4/c1-5(11)14-10-4-3-8(2,6(9)12)7(10)13/h3-4H2,1-2H3,(H2,9,12). The molecule has 0 radical (unpaired) electrons. The fourth-order valence-electron chi connectivity index (χ4n) is 1.28. The van der Waals surface area contributed by atoms with E-state index < -0.39 is 23.2 Å². The van der Waals surface area contributed by atoms with Crippen LogP contribution >= 0.6 is 0 Å². The molecule has 1 heterocycles. The maximum absolute atomic E-state index is 11.6. The summed E-state index contributed by atoms with van der Waals surface area (Å²) in [5, 5.41) is 0.882. The molecule has 0 aromatic rings. The number of nitrogens with zero attached hydrogens (tertiary/aromatic N) is 1. The molecule has 1 unspecified atom stereocenters. The van der Waals surface area contributed by atoms with Gasteiger partial charge < -0.3 is 10.6 Å². The van der Waals surface area contributed by atoms with E-state index in [9.17, 15) is 14.4 Å². The number of primary amides is 1. The highest BCUT2D eigenvalue weighted by molar-refractivity contribution is 6.05. The molecule has 6 nitrogen and oxygen atoms in total. The molecule has 0 aromatic heterocycles. The Morgan fingerprint density at radius 1 is 1.57 bits per heavy atom. The van der Waals surface area contributed by atoms with Crippen LogP contribution in [-0.2, 0) is 19.2 Å². The van der Waals surface area contributed by atoms with Gasteiger partial charge in [0.05, 0.1) is 6.54 Å². The predicted octanol–water partition coefficient (Wildman–Crippen LogP) is -0.812. The molecule has 6 heteroatoms. The van der Waals surface area contributed by atoms with E-state index in [1.165, 1.54) is 13.8 Å². The second-order valence-corrected chi connectivity index (χ2v) is 3.44. The molecule has 2 amide bonds. The molecule has 78 valence electrons. The zero-order valence-electron chi connectivity index (χ0n) is 8.07. The van der Waals surface area contributed by atoms with Crippen molar-refractivity contribution >= 4 is 17.8 Å². The molecule has 0 aliphatic carbocycles. The van der Waals surface area contributed by atoms with Crippen LogP contribution in [0, 0.1) is 5.41 Å². The molecule has 1 rings (SSSR count). The van der Waals surface area contributed by atoms with Gasteiger partial charge in [-0.15, -0.1) is 0 Å². The number of hydrogen-bond acceptors (Lipinski definition) is 4. The van der Waals surface area contributed by atoms with Crippen molar-refractivity contribution in [3.8, 4) is 0 Å². The van der Waals surface area contributed by atoms with Crippen molar-refractivity contribution in [2.45, 2.75) is 20.3 Å². The van der Waals surface area contributed by atoms with Crippen LogP contribution in [0.1, 0.15) is 20.3 Å². The zero-order valence-corrected chi connectivity index (χ0v) is 8.07. The molecule has 0 bridgehead atoms. The fourth-order valence-corrected chi connectivity index (χ4v) is 1.28. The van der Waals surface area contributed by atoms with Crippen LogP contribution in [0.5, 0.6) is 0 Å². The minimum absolute atomic E-state index is 0.206. The second-order valence-electron chi connectivity index (χ2n) is 3.44. The summed E-state index contributed by atoms with van der Waals surface area (Å²) in [7, 11) is 0. The largest absolute Gasteiger partial charge is 0.369 e. The molecule has 1 aliphatic rings. The molecular weight excluding hydrogens is 188 g/mol. The molecule has 1 aliphatic heterocycles.